The highest BCUT2D eigenvalue weighted by Crippen LogP contribution is 2.37. The fraction of sp³-hybridized carbons (Fsp3) is 0.476. The van der Waals surface area contributed by atoms with E-state index in [2.05, 4.69) is 13.0 Å². The van der Waals surface area contributed by atoms with E-state index in [0.29, 0.717) is 24.8 Å². The third-order valence-corrected chi connectivity index (χ3v) is 8.53. The highest BCUT2D eigenvalue weighted by atomic mass is 32.2. The molecule has 4 rings (SSSR count). The normalized spacial score (nSPS) is 23.7. The standard InChI is InChI=1S/C21H26N2O4S2/c1-16-8-10-23(19-6-2-3-7-20(19)28-16)21(24)14-22(13-18-5-4-11-27-18)17-9-12-29(25,26)15-17/h2-7,11,16-17H,8-10,12-15H2,1H3. The molecule has 0 N–H and O–H groups in total. The average molecular weight is 435 g/mol. The number of hydrogen-bond donors (Lipinski definition) is 0. The lowest BCUT2D eigenvalue weighted by Gasteiger charge is -2.30. The summed E-state index contributed by atoms with van der Waals surface area (Å²) >= 11 is 1.80. The molecule has 2 aliphatic heterocycles. The first-order valence-electron chi connectivity index (χ1n) is 9.94. The van der Waals surface area contributed by atoms with Crippen LogP contribution < -0.4 is 4.90 Å². The molecule has 0 spiro atoms. The minimum absolute atomic E-state index is 0.00278. The molecule has 156 valence electrons. The minimum atomic E-state index is -3.04. The van der Waals surface area contributed by atoms with E-state index < -0.39 is 9.84 Å². The summed E-state index contributed by atoms with van der Waals surface area (Å²) in [5, 5.41) is 0.438. The van der Waals surface area contributed by atoms with Gasteiger partial charge in [0.1, 0.15) is 5.76 Å². The molecule has 1 saturated heterocycles. The zero-order valence-corrected chi connectivity index (χ0v) is 18.1. The van der Waals surface area contributed by atoms with Gasteiger partial charge in [-0.2, -0.15) is 0 Å². The number of benzene rings is 1. The van der Waals surface area contributed by atoms with E-state index in [-0.39, 0.29) is 30.0 Å². The molecular formula is C21H26N2O4S2. The Morgan fingerprint density at radius 2 is 2.07 bits per heavy atom. The van der Waals surface area contributed by atoms with Gasteiger partial charge in [0.05, 0.1) is 36.5 Å². The van der Waals surface area contributed by atoms with Crippen molar-refractivity contribution in [2.45, 2.75) is 42.5 Å². The number of nitrogens with zero attached hydrogens (tertiary/aromatic N) is 2. The van der Waals surface area contributed by atoms with Crippen molar-refractivity contribution in [1.82, 2.24) is 4.90 Å². The number of sulfone groups is 1. The molecule has 2 unspecified atom stereocenters. The second kappa shape index (κ2) is 8.53. The average Bonchev–Trinajstić information content (AvgIpc) is 3.27. The minimum Gasteiger partial charge on any atom is -0.468 e. The van der Waals surface area contributed by atoms with Crippen LogP contribution in [0.5, 0.6) is 0 Å². The molecule has 2 aliphatic rings. The lowest BCUT2D eigenvalue weighted by atomic mass is 10.2. The number of furan rings is 1. The maximum Gasteiger partial charge on any atom is 0.241 e. The zero-order chi connectivity index (χ0) is 20.4. The van der Waals surface area contributed by atoms with E-state index in [1.807, 2.05) is 40.1 Å². The van der Waals surface area contributed by atoms with Crippen LogP contribution in [0.4, 0.5) is 5.69 Å². The number of amides is 1. The van der Waals surface area contributed by atoms with Crippen LogP contribution in [0.1, 0.15) is 25.5 Å². The van der Waals surface area contributed by atoms with Crippen molar-refractivity contribution in [1.29, 1.82) is 0 Å². The van der Waals surface area contributed by atoms with E-state index >= 15 is 0 Å². The number of para-hydroxylation sites is 1. The van der Waals surface area contributed by atoms with Gasteiger partial charge in [-0.25, -0.2) is 8.42 Å². The highest BCUT2D eigenvalue weighted by molar-refractivity contribution is 8.00. The summed E-state index contributed by atoms with van der Waals surface area (Å²) in [5.41, 5.74) is 0.948. The van der Waals surface area contributed by atoms with Crippen LogP contribution >= 0.6 is 11.8 Å². The molecule has 1 aromatic heterocycles. The van der Waals surface area contributed by atoms with E-state index in [4.69, 9.17) is 4.42 Å². The second-order valence-electron chi connectivity index (χ2n) is 7.77. The Bertz CT molecular complexity index is 959. The molecule has 1 amide bonds. The smallest absolute Gasteiger partial charge is 0.241 e. The van der Waals surface area contributed by atoms with Crippen LogP contribution in [0.3, 0.4) is 0 Å². The molecule has 1 aromatic carbocycles. The summed E-state index contributed by atoms with van der Waals surface area (Å²) in [7, 11) is -3.04. The topological polar surface area (TPSA) is 70.8 Å². The lowest BCUT2D eigenvalue weighted by molar-refractivity contribution is -0.120. The van der Waals surface area contributed by atoms with Crippen molar-refractivity contribution in [3.8, 4) is 0 Å². The van der Waals surface area contributed by atoms with Crippen molar-refractivity contribution in [3.63, 3.8) is 0 Å². The first-order chi connectivity index (χ1) is 13.9. The van der Waals surface area contributed by atoms with Gasteiger partial charge in [-0.3, -0.25) is 9.69 Å². The summed E-state index contributed by atoms with van der Waals surface area (Å²) < 4.78 is 29.5. The Morgan fingerprint density at radius 3 is 2.79 bits per heavy atom. The van der Waals surface area contributed by atoms with Gasteiger partial charge in [0.15, 0.2) is 9.84 Å². The Hall–Kier alpha value is -1.77. The van der Waals surface area contributed by atoms with E-state index in [0.717, 1.165) is 22.8 Å². The predicted molar refractivity (Wildman–Crippen MR) is 115 cm³/mol. The molecule has 0 aliphatic carbocycles. The molecule has 2 atom stereocenters. The van der Waals surface area contributed by atoms with E-state index in [1.54, 1.807) is 18.0 Å². The van der Waals surface area contributed by atoms with Crippen molar-refractivity contribution in [2.75, 3.05) is 29.5 Å². The number of hydrogen-bond acceptors (Lipinski definition) is 6. The maximum atomic E-state index is 13.4. The summed E-state index contributed by atoms with van der Waals surface area (Å²) in [6.45, 7) is 3.46. The molecular weight excluding hydrogens is 408 g/mol. The van der Waals surface area contributed by atoms with Crippen LogP contribution in [0, 0.1) is 0 Å². The lowest BCUT2D eigenvalue weighted by Crippen LogP contribution is -2.45. The van der Waals surface area contributed by atoms with Gasteiger partial charge in [-0.05, 0) is 37.1 Å². The Kier molecular flexibility index (Phi) is 6.03. The first-order valence-corrected chi connectivity index (χ1v) is 12.6. The Morgan fingerprint density at radius 1 is 1.24 bits per heavy atom. The number of anilines is 1. The molecule has 29 heavy (non-hydrogen) atoms. The summed E-state index contributed by atoms with van der Waals surface area (Å²) in [6, 6.07) is 11.5. The summed E-state index contributed by atoms with van der Waals surface area (Å²) in [6.07, 6.45) is 3.07. The molecule has 0 bridgehead atoms. The Balaban J connectivity index is 1.56. The van der Waals surface area contributed by atoms with Crippen molar-refractivity contribution in [3.05, 3.63) is 48.4 Å². The van der Waals surface area contributed by atoms with Gasteiger partial charge in [-0.15, -0.1) is 11.8 Å². The second-order valence-corrected chi connectivity index (χ2v) is 11.5. The molecule has 0 saturated carbocycles. The van der Waals surface area contributed by atoms with Gasteiger partial charge in [0.2, 0.25) is 5.91 Å². The van der Waals surface area contributed by atoms with Crippen LogP contribution in [-0.4, -0.2) is 55.1 Å². The maximum absolute atomic E-state index is 13.4. The quantitative estimate of drug-likeness (QED) is 0.720. The van der Waals surface area contributed by atoms with Gasteiger partial charge in [0, 0.05) is 22.7 Å². The monoisotopic (exact) mass is 434 g/mol. The third-order valence-electron chi connectivity index (χ3n) is 5.55. The van der Waals surface area contributed by atoms with Crippen molar-refractivity contribution < 1.29 is 17.6 Å². The van der Waals surface area contributed by atoms with Crippen LogP contribution in [0.25, 0.3) is 0 Å². The fourth-order valence-electron chi connectivity index (χ4n) is 3.99. The number of carbonyl (C=O) groups excluding carboxylic acids is 1. The number of fused-ring (bicyclic) bond motifs is 1. The molecule has 2 aromatic rings. The van der Waals surface area contributed by atoms with E-state index in [1.165, 1.54) is 0 Å². The van der Waals surface area contributed by atoms with Crippen molar-refractivity contribution in [2.24, 2.45) is 0 Å². The largest absolute Gasteiger partial charge is 0.468 e. The SMILES string of the molecule is CC1CCN(C(=O)CN(Cc2ccco2)C2CCS(=O)(=O)C2)c2ccccc2S1. The van der Waals surface area contributed by atoms with Crippen LogP contribution in [0.2, 0.25) is 0 Å². The summed E-state index contributed by atoms with van der Waals surface area (Å²) in [4.78, 5) is 18.3. The van der Waals surface area contributed by atoms with Crippen molar-refractivity contribution >= 4 is 33.2 Å². The van der Waals surface area contributed by atoms with Crippen LogP contribution in [-0.2, 0) is 21.2 Å². The predicted octanol–water partition coefficient (Wildman–Crippen LogP) is 3.19. The van der Waals surface area contributed by atoms with Gasteiger partial charge in [-0.1, -0.05) is 19.1 Å². The molecule has 1 fully saturated rings. The number of rotatable bonds is 5. The van der Waals surface area contributed by atoms with E-state index in [9.17, 15) is 13.2 Å². The van der Waals surface area contributed by atoms with Gasteiger partial charge >= 0.3 is 0 Å². The van der Waals surface area contributed by atoms with Crippen LogP contribution in [0.15, 0.2) is 52.0 Å². The zero-order valence-electron chi connectivity index (χ0n) is 16.5. The van der Waals surface area contributed by atoms with Gasteiger partial charge < -0.3 is 9.32 Å². The highest BCUT2D eigenvalue weighted by Gasteiger charge is 2.35. The third kappa shape index (κ3) is 4.87. The Labute approximate surface area is 176 Å². The number of carbonyl (C=O) groups is 1. The summed E-state index contributed by atoms with van der Waals surface area (Å²) in [5.74, 6) is 1.02. The first kappa shape index (κ1) is 20.5. The number of thioether (sulfide) groups is 1. The fourth-order valence-corrected chi connectivity index (χ4v) is 6.86. The molecule has 6 nitrogen and oxygen atoms in total. The van der Waals surface area contributed by atoms with Gasteiger partial charge in [0.25, 0.3) is 0 Å². The molecule has 8 heteroatoms. The molecule has 0 radical (unpaired) electrons. The molecule has 3 heterocycles.